The van der Waals surface area contributed by atoms with Gasteiger partial charge >= 0.3 is 0 Å². The van der Waals surface area contributed by atoms with Crippen LogP contribution >= 0.6 is 11.3 Å². The molecule has 1 fully saturated rings. The number of nitrogens with zero attached hydrogens (tertiary/aromatic N) is 3. The van der Waals surface area contributed by atoms with Crippen LogP contribution in [-0.2, 0) is 21.4 Å². The highest BCUT2D eigenvalue weighted by Crippen LogP contribution is 2.36. The Bertz CT molecular complexity index is 989. The molecule has 28 heavy (non-hydrogen) atoms. The van der Waals surface area contributed by atoms with Gasteiger partial charge in [-0.2, -0.15) is 4.98 Å². The molecular weight excluding hydrogens is 404 g/mol. The number of rotatable bonds is 7. The molecule has 1 aliphatic rings. The van der Waals surface area contributed by atoms with E-state index >= 15 is 0 Å². The summed E-state index contributed by atoms with van der Waals surface area (Å²) in [4.78, 5) is 24.9. The van der Waals surface area contributed by atoms with E-state index in [0.29, 0.717) is 39.8 Å². The zero-order chi connectivity index (χ0) is 20.5. The van der Waals surface area contributed by atoms with Gasteiger partial charge in [0.05, 0.1) is 23.1 Å². The van der Waals surface area contributed by atoms with Gasteiger partial charge in [-0.25, -0.2) is 18.1 Å². The Balaban J connectivity index is 1.98. The molecule has 1 amide bonds. The van der Waals surface area contributed by atoms with Crippen molar-refractivity contribution >= 4 is 37.5 Å². The lowest BCUT2D eigenvalue weighted by Gasteiger charge is -2.24. The average molecular weight is 429 g/mol. The van der Waals surface area contributed by atoms with E-state index in [4.69, 9.17) is 9.47 Å². The number of aromatic nitrogens is 2. The van der Waals surface area contributed by atoms with Gasteiger partial charge in [-0.1, -0.05) is 0 Å². The van der Waals surface area contributed by atoms with Crippen molar-refractivity contribution in [2.45, 2.75) is 32.4 Å². The van der Waals surface area contributed by atoms with Crippen LogP contribution in [0.15, 0.2) is 0 Å². The highest BCUT2D eigenvalue weighted by Gasteiger charge is 2.34. The van der Waals surface area contributed by atoms with E-state index in [1.54, 1.807) is 12.0 Å². The summed E-state index contributed by atoms with van der Waals surface area (Å²) in [6.45, 7) is 2.61. The van der Waals surface area contributed by atoms with Crippen molar-refractivity contribution in [1.82, 2.24) is 19.6 Å². The number of thiophene rings is 1. The number of sulfonamides is 1. The lowest BCUT2D eigenvalue weighted by molar-refractivity contribution is 0.0753. The van der Waals surface area contributed by atoms with Crippen molar-refractivity contribution in [1.29, 1.82) is 0 Å². The van der Waals surface area contributed by atoms with Crippen LogP contribution in [0.3, 0.4) is 0 Å². The number of hydrogen-bond donors (Lipinski definition) is 1. The quantitative estimate of drug-likeness (QED) is 0.708. The van der Waals surface area contributed by atoms with Crippen LogP contribution in [0.2, 0.25) is 0 Å². The highest BCUT2D eigenvalue weighted by atomic mass is 32.2. The fourth-order valence-corrected chi connectivity index (χ4v) is 5.60. The summed E-state index contributed by atoms with van der Waals surface area (Å²) in [7, 11) is 1.06. The molecule has 11 heteroatoms. The standard InChI is InChI=1S/C17H24N4O5S2/c1-10-13-15(26-4)19-12(8-25-3)20-16(13)27-14(10)17(22)21-7-5-6-11(21)9-28(23,24)18-2/h11,18H,5-9H2,1-4H3/t11-/m1/s1. The molecule has 0 aromatic carbocycles. The molecule has 0 aliphatic carbocycles. The molecule has 3 rings (SSSR count). The van der Waals surface area contributed by atoms with E-state index in [1.165, 1.54) is 25.5 Å². The molecule has 0 bridgehead atoms. The molecule has 2 aromatic rings. The van der Waals surface area contributed by atoms with Gasteiger partial charge in [0.1, 0.15) is 11.4 Å². The molecule has 2 aromatic heterocycles. The molecule has 0 radical (unpaired) electrons. The lowest BCUT2D eigenvalue weighted by Crippen LogP contribution is -2.41. The number of methoxy groups -OCH3 is 2. The zero-order valence-corrected chi connectivity index (χ0v) is 17.9. The highest BCUT2D eigenvalue weighted by molar-refractivity contribution is 7.89. The third-order valence-electron chi connectivity index (χ3n) is 4.83. The van der Waals surface area contributed by atoms with E-state index < -0.39 is 10.0 Å². The van der Waals surface area contributed by atoms with Crippen LogP contribution in [-0.4, -0.2) is 68.8 Å². The maximum atomic E-state index is 13.2. The van der Waals surface area contributed by atoms with Crippen molar-refractivity contribution < 1.29 is 22.7 Å². The molecule has 0 unspecified atom stereocenters. The Kier molecular flexibility index (Phi) is 6.18. The molecule has 9 nitrogen and oxygen atoms in total. The smallest absolute Gasteiger partial charge is 0.264 e. The predicted molar refractivity (Wildman–Crippen MR) is 106 cm³/mol. The average Bonchev–Trinajstić information content (AvgIpc) is 3.25. The molecule has 154 valence electrons. The van der Waals surface area contributed by atoms with Crippen LogP contribution in [0.4, 0.5) is 0 Å². The molecule has 1 N–H and O–H groups in total. The second-order valence-electron chi connectivity index (χ2n) is 6.60. The SMILES string of the molecule is CNS(=O)(=O)C[C@H]1CCCN1C(=O)c1sc2nc(COC)nc(OC)c2c1C. The minimum atomic E-state index is -3.41. The van der Waals surface area contributed by atoms with E-state index in [2.05, 4.69) is 14.7 Å². The van der Waals surface area contributed by atoms with Gasteiger partial charge in [0.2, 0.25) is 15.9 Å². The first-order chi connectivity index (χ1) is 13.3. The first-order valence-electron chi connectivity index (χ1n) is 8.86. The number of nitrogens with one attached hydrogen (secondary N) is 1. The first kappa shape index (κ1) is 20.9. The predicted octanol–water partition coefficient (Wildman–Crippen LogP) is 1.31. The van der Waals surface area contributed by atoms with Crippen molar-refractivity contribution in [3.63, 3.8) is 0 Å². The van der Waals surface area contributed by atoms with Crippen molar-refractivity contribution in [2.24, 2.45) is 0 Å². The number of hydrogen-bond acceptors (Lipinski definition) is 8. The van der Waals surface area contributed by atoms with E-state index in [1.807, 2.05) is 6.92 Å². The number of carbonyl (C=O) groups is 1. The van der Waals surface area contributed by atoms with Gasteiger partial charge in [0.25, 0.3) is 5.91 Å². The number of carbonyl (C=O) groups excluding carboxylic acids is 1. The molecular formula is C17H24N4O5S2. The van der Waals surface area contributed by atoms with Gasteiger partial charge in [-0.3, -0.25) is 4.79 Å². The van der Waals surface area contributed by atoms with Gasteiger partial charge < -0.3 is 14.4 Å². The van der Waals surface area contributed by atoms with Crippen LogP contribution in [0.1, 0.15) is 33.9 Å². The summed E-state index contributed by atoms with van der Waals surface area (Å²) in [5, 5.41) is 0.703. The van der Waals surface area contributed by atoms with E-state index in [0.717, 1.165) is 12.0 Å². The number of aryl methyl sites for hydroxylation is 1. The minimum Gasteiger partial charge on any atom is -0.480 e. The van der Waals surface area contributed by atoms with Crippen molar-refractivity contribution in [3.05, 3.63) is 16.3 Å². The van der Waals surface area contributed by atoms with E-state index in [-0.39, 0.29) is 24.3 Å². The third kappa shape index (κ3) is 3.97. The third-order valence-corrected chi connectivity index (χ3v) is 7.44. The van der Waals surface area contributed by atoms with E-state index in [9.17, 15) is 13.2 Å². The number of ether oxygens (including phenoxy) is 2. The molecule has 0 spiro atoms. The second-order valence-corrected chi connectivity index (χ2v) is 9.57. The number of amides is 1. The molecule has 1 aliphatic heterocycles. The van der Waals surface area contributed by atoms with Crippen molar-refractivity contribution in [3.8, 4) is 5.88 Å². The molecule has 1 atom stereocenters. The fraction of sp³-hybridized carbons (Fsp3) is 0.588. The Hall–Kier alpha value is -1.82. The first-order valence-corrected chi connectivity index (χ1v) is 11.3. The summed E-state index contributed by atoms with van der Waals surface area (Å²) in [6, 6.07) is -0.341. The van der Waals surface area contributed by atoms with Crippen LogP contribution in [0.25, 0.3) is 10.2 Å². The summed E-state index contributed by atoms with van der Waals surface area (Å²) in [5.41, 5.74) is 0.743. The van der Waals surface area contributed by atoms with Crippen LogP contribution in [0, 0.1) is 6.92 Å². The molecule has 3 heterocycles. The second kappa shape index (κ2) is 8.27. The molecule has 0 saturated carbocycles. The zero-order valence-electron chi connectivity index (χ0n) is 16.3. The Morgan fingerprint density at radius 3 is 2.75 bits per heavy atom. The summed E-state index contributed by atoms with van der Waals surface area (Å²) < 4.78 is 36.7. The van der Waals surface area contributed by atoms with Gasteiger partial charge in [-0.05, 0) is 32.4 Å². The fourth-order valence-electron chi connectivity index (χ4n) is 3.43. The minimum absolute atomic E-state index is 0.0969. The van der Waals surface area contributed by atoms with Crippen molar-refractivity contribution in [2.75, 3.05) is 33.6 Å². The van der Waals surface area contributed by atoms with Gasteiger partial charge in [0, 0.05) is 19.7 Å². The summed E-state index contributed by atoms with van der Waals surface area (Å²) >= 11 is 1.27. The topological polar surface area (TPSA) is 111 Å². The normalized spacial score (nSPS) is 17.4. The Labute approximate surface area is 168 Å². The Morgan fingerprint density at radius 1 is 1.36 bits per heavy atom. The maximum absolute atomic E-state index is 13.2. The summed E-state index contributed by atoms with van der Waals surface area (Å²) in [6.07, 6.45) is 1.44. The lowest BCUT2D eigenvalue weighted by atomic mass is 10.2. The van der Waals surface area contributed by atoms with Gasteiger partial charge in [-0.15, -0.1) is 11.3 Å². The monoisotopic (exact) mass is 428 g/mol. The Morgan fingerprint density at radius 2 is 2.11 bits per heavy atom. The van der Waals surface area contributed by atoms with Gasteiger partial charge in [0.15, 0.2) is 5.82 Å². The number of fused-ring (bicyclic) bond motifs is 1. The molecule has 1 saturated heterocycles. The largest absolute Gasteiger partial charge is 0.480 e. The van der Waals surface area contributed by atoms with Crippen LogP contribution in [0.5, 0.6) is 5.88 Å². The maximum Gasteiger partial charge on any atom is 0.264 e. The van der Waals surface area contributed by atoms with Crippen LogP contribution < -0.4 is 9.46 Å². The summed E-state index contributed by atoms with van der Waals surface area (Å²) in [5.74, 6) is 0.608. The number of likely N-dealkylation sites (tertiary alicyclic amines) is 1.